The molecular formula is C50H35NO. The van der Waals surface area contributed by atoms with Crippen LogP contribution in [0.5, 0.6) is 0 Å². The highest BCUT2D eigenvalue weighted by Gasteiger charge is 2.41. The van der Waals surface area contributed by atoms with Crippen molar-refractivity contribution in [1.82, 2.24) is 0 Å². The molecular weight excluding hydrogens is 631 g/mol. The van der Waals surface area contributed by atoms with Gasteiger partial charge in [0.1, 0.15) is 11.2 Å². The number of rotatable bonds is 6. The number of nitrogens with zero attached hydrogens (tertiary/aromatic N) is 1. The van der Waals surface area contributed by atoms with Crippen LogP contribution in [0.1, 0.15) is 23.6 Å². The molecule has 2 heteroatoms. The standard InChI is InChI=1S/C50H35NO/c1-50(44-22-10-8-20-41(44)42-21-9-11-23-45(42)50)46-24-13-25-47-49(46)43-31-30-40(33-48(43)52-47)51(38-28-26-36(27-29-38)34-14-4-2-5-15-34)39-19-12-18-37(32-39)35-16-6-3-7-17-35/h2-33H,1H3. The summed E-state index contributed by atoms with van der Waals surface area (Å²) in [7, 11) is 0. The van der Waals surface area contributed by atoms with Crippen molar-refractivity contribution in [3.63, 3.8) is 0 Å². The van der Waals surface area contributed by atoms with E-state index in [1.165, 1.54) is 55.5 Å². The molecule has 0 N–H and O–H groups in total. The molecule has 0 unspecified atom stereocenters. The van der Waals surface area contributed by atoms with Crippen molar-refractivity contribution in [2.75, 3.05) is 4.90 Å². The maximum absolute atomic E-state index is 6.78. The third kappa shape index (κ3) is 4.72. The summed E-state index contributed by atoms with van der Waals surface area (Å²) >= 11 is 0. The van der Waals surface area contributed by atoms with Gasteiger partial charge in [0.05, 0.1) is 0 Å². The second-order valence-corrected chi connectivity index (χ2v) is 13.8. The topological polar surface area (TPSA) is 16.4 Å². The number of hydrogen-bond acceptors (Lipinski definition) is 2. The summed E-state index contributed by atoms with van der Waals surface area (Å²) < 4.78 is 6.78. The molecule has 2 nitrogen and oxygen atoms in total. The first-order chi connectivity index (χ1) is 25.7. The molecule has 1 aromatic heterocycles. The molecule has 0 saturated carbocycles. The van der Waals surface area contributed by atoms with Crippen molar-refractivity contribution in [2.45, 2.75) is 12.3 Å². The third-order valence-electron chi connectivity index (χ3n) is 10.9. The van der Waals surface area contributed by atoms with Crippen LogP contribution >= 0.6 is 0 Å². The molecule has 10 rings (SSSR count). The molecule has 1 aliphatic rings. The van der Waals surface area contributed by atoms with Crippen molar-refractivity contribution >= 4 is 39.0 Å². The first kappa shape index (κ1) is 30.2. The van der Waals surface area contributed by atoms with Crippen LogP contribution in [-0.4, -0.2) is 0 Å². The van der Waals surface area contributed by atoms with Gasteiger partial charge in [-0.05, 0) is 99.5 Å². The van der Waals surface area contributed by atoms with E-state index in [0.717, 1.165) is 33.6 Å². The minimum atomic E-state index is -0.327. The molecule has 0 aliphatic heterocycles. The van der Waals surface area contributed by atoms with E-state index >= 15 is 0 Å². The van der Waals surface area contributed by atoms with E-state index in [1.807, 2.05) is 0 Å². The van der Waals surface area contributed by atoms with Gasteiger partial charge in [-0.3, -0.25) is 0 Å². The van der Waals surface area contributed by atoms with E-state index in [2.05, 4.69) is 206 Å². The number of hydrogen-bond donors (Lipinski definition) is 0. The van der Waals surface area contributed by atoms with Gasteiger partial charge in [-0.25, -0.2) is 0 Å². The Bertz CT molecular complexity index is 2700. The van der Waals surface area contributed by atoms with E-state index in [1.54, 1.807) is 0 Å². The van der Waals surface area contributed by atoms with Crippen molar-refractivity contribution in [2.24, 2.45) is 0 Å². The second kappa shape index (κ2) is 12.0. The van der Waals surface area contributed by atoms with Crippen LogP contribution in [0.25, 0.3) is 55.3 Å². The van der Waals surface area contributed by atoms with Gasteiger partial charge in [-0.15, -0.1) is 0 Å². The fourth-order valence-electron chi connectivity index (χ4n) is 8.45. The van der Waals surface area contributed by atoms with Gasteiger partial charge in [0.15, 0.2) is 0 Å². The Morgan fingerprint density at radius 3 is 1.60 bits per heavy atom. The van der Waals surface area contributed by atoms with Crippen LogP contribution in [0.4, 0.5) is 17.1 Å². The fraction of sp³-hybridized carbons (Fsp3) is 0.0400. The third-order valence-corrected chi connectivity index (χ3v) is 10.9. The van der Waals surface area contributed by atoms with Gasteiger partial charge in [0.25, 0.3) is 0 Å². The smallest absolute Gasteiger partial charge is 0.137 e. The summed E-state index contributed by atoms with van der Waals surface area (Å²) in [6.07, 6.45) is 0. The quantitative estimate of drug-likeness (QED) is 0.176. The average Bonchev–Trinajstić information content (AvgIpc) is 3.72. The van der Waals surface area contributed by atoms with Crippen molar-refractivity contribution in [3.05, 3.63) is 211 Å². The van der Waals surface area contributed by atoms with E-state index < -0.39 is 0 Å². The predicted molar refractivity (Wildman–Crippen MR) is 217 cm³/mol. The van der Waals surface area contributed by atoms with E-state index in [0.29, 0.717) is 0 Å². The summed E-state index contributed by atoms with van der Waals surface area (Å²) in [6.45, 7) is 2.38. The summed E-state index contributed by atoms with van der Waals surface area (Å²) in [5, 5.41) is 2.29. The van der Waals surface area contributed by atoms with E-state index in [9.17, 15) is 0 Å². The SMILES string of the molecule is CC1(c2cccc3oc4cc(N(c5ccc(-c6ccccc6)cc5)c5cccc(-c6ccccc6)c5)ccc4c23)c2ccccc2-c2ccccc21. The maximum Gasteiger partial charge on any atom is 0.137 e. The van der Waals surface area contributed by atoms with Gasteiger partial charge in [-0.2, -0.15) is 0 Å². The molecule has 1 heterocycles. The van der Waals surface area contributed by atoms with Crippen molar-refractivity contribution in [3.8, 4) is 33.4 Å². The lowest BCUT2D eigenvalue weighted by Gasteiger charge is -2.29. The Morgan fingerprint density at radius 2 is 0.904 bits per heavy atom. The van der Waals surface area contributed by atoms with Crippen LogP contribution in [0.15, 0.2) is 199 Å². The van der Waals surface area contributed by atoms with Crippen LogP contribution in [0.2, 0.25) is 0 Å². The van der Waals surface area contributed by atoms with Crippen molar-refractivity contribution in [1.29, 1.82) is 0 Å². The van der Waals surface area contributed by atoms with Crippen LogP contribution in [0, 0.1) is 0 Å². The highest BCUT2D eigenvalue weighted by atomic mass is 16.3. The van der Waals surface area contributed by atoms with Crippen LogP contribution in [-0.2, 0) is 5.41 Å². The number of anilines is 3. The molecule has 246 valence electrons. The minimum absolute atomic E-state index is 0.327. The molecule has 9 aromatic rings. The normalized spacial score (nSPS) is 12.9. The molecule has 1 aliphatic carbocycles. The van der Waals surface area contributed by atoms with Gasteiger partial charge in [0, 0.05) is 39.3 Å². The zero-order chi connectivity index (χ0) is 34.6. The predicted octanol–water partition coefficient (Wildman–Crippen LogP) is 13.7. The molecule has 8 aromatic carbocycles. The minimum Gasteiger partial charge on any atom is -0.456 e. The highest BCUT2D eigenvalue weighted by Crippen LogP contribution is 2.54. The Balaban J connectivity index is 1.14. The van der Waals surface area contributed by atoms with Gasteiger partial charge < -0.3 is 9.32 Å². The lowest BCUT2D eigenvalue weighted by molar-refractivity contribution is 0.666. The number of benzene rings is 8. The monoisotopic (exact) mass is 665 g/mol. The lowest BCUT2D eigenvalue weighted by Crippen LogP contribution is -2.22. The summed E-state index contributed by atoms with van der Waals surface area (Å²) in [6, 6.07) is 69.7. The Labute approximate surface area is 303 Å². The lowest BCUT2D eigenvalue weighted by atomic mass is 9.73. The van der Waals surface area contributed by atoms with E-state index in [-0.39, 0.29) is 5.41 Å². The van der Waals surface area contributed by atoms with Gasteiger partial charge in [-0.1, -0.05) is 146 Å². The average molecular weight is 666 g/mol. The first-order valence-electron chi connectivity index (χ1n) is 17.9. The largest absolute Gasteiger partial charge is 0.456 e. The summed E-state index contributed by atoms with van der Waals surface area (Å²) in [4.78, 5) is 2.33. The van der Waals surface area contributed by atoms with Crippen LogP contribution in [0.3, 0.4) is 0 Å². The molecule has 0 atom stereocenters. The second-order valence-electron chi connectivity index (χ2n) is 13.8. The van der Waals surface area contributed by atoms with E-state index in [4.69, 9.17) is 4.42 Å². The Kier molecular flexibility index (Phi) is 6.97. The molecule has 0 saturated heterocycles. The summed E-state index contributed by atoms with van der Waals surface area (Å²) in [5.41, 5.74) is 15.9. The van der Waals surface area contributed by atoms with Crippen molar-refractivity contribution < 1.29 is 4.42 Å². The molecule has 0 radical (unpaired) electrons. The molecule has 52 heavy (non-hydrogen) atoms. The van der Waals surface area contributed by atoms with Gasteiger partial charge in [0.2, 0.25) is 0 Å². The zero-order valence-electron chi connectivity index (χ0n) is 28.8. The fourth-order valence-corrected chi connectivity index (χ4v) is 8.45. The first-order valence-corrected chi connectivity index (χ1v) is 17.9. The number of furan rings is 1. The highest BCUT2D eigenvalue weighted by molar-refractivity contribution is 6.09. The Morgan fingerprint density at radius 1 is 0.385 bits per heavy atom. The molecule has 0 spiro atoms. The molecule has 0 fully saturated rings. The number of fused-ring (bicyclic) bond motifs is 6. The summed E-state index contributed by atoms with van der Waals surface area (Å²) in [5.74, 6) is 0. The zero-order valence-corrected chi connectivity index (χ0v) is 28.8. The maximum atomic E-state index is 6.78. The molecule has 0 bridgehead atoms. The van der Waals surface area contributed by atoms with Gasteiger partial charge >= 0.3 is 0 Å². The Hall–Kier alpha value is -6.64. The van der Waals surface area contributed by atoms with Crippen LogP contribution < -0.4 is 4.90 Å². The molecule has 0 amide bonds.